The first-order valence-corrected chi connectivity index (χ1v) is 7.71. The van der Waals surface area contributed by atoms with Gasteiger partial charge in [-0.05, 0) is 31.9 Å². The first-order chi connectivity index (χ1) is 10.5. The van der Waals surface area contributed by atoms with Gasteiger partial charge in [0.15, 0.2) is 5.78 Å². The summed E-state index contributed by atoms with van der Waals surface area (Å²) >= 11 is 0. The van der Waals surface area contributed by atoms with Gasteiger partial charge >= 0.3 is 0 Å². The second-order valence-electron chi connectivity index (χ2n) is 6.28. The van der Waals surface area contributed by atoms with Crippen molar-refractivity contribution in [1.82, 2.24) is 4.98 Å². The number of ether oxygens (including phenoxy) is 1. The molecule has 0 unspecified atom stereocenters. The molecular formula is C16H22N2O4. The third kappa shape index (κ3) is 2.99. The number of rotatable bonds is 2. The minimum atomic E-state index is -0.774. The predicted molar refractivity (Wildman–Crippen MR) is 81.0 cm³/mol. The molecule has 3 heterocycles. The van der Waals surface area contributed by atoms with Gasteiger partial charge in [0.25, 0.3) is 0 Å². The van der Waals surface area contributed by atoms with Crippen LogP contribution in [0.1, 0.15) is 36.5 Å². The minimum absolute atomic E-state index is 0.0137. The largest absolute Gasteiger partial charge is 0.390 e. The molecule has 0 amide bonds. The number of carbonyl (C=O) groups is 1. The zero-order chi connectivity index (χ0) is 15.7. The van der Waals surface area contributed by atoms with Crippen LogP contribution in [0, 0.1) is 0 Å². The van der Waals surface area contributed by atoms with E-state index in [0.717, 1.165) is 31.7 Å². The number of ketones is 1. The van der Waals surface area contributed by atoms with E-state index in [1.54, 1.807) is 12.3 Å². The summed E-state index contributed by atoms with van der Waals surface area (Å²) < 4.78 is 5.82. The molecule has 2 fully saturated rings. The van der Waals surface area contributed by atoms with Gasteiger partial charge in [-0.15, -0.1) is 0 Å². The van der Waals surface area contributed by atoms with Crippen LogP contribution in [0.4, 0.5) is 5.82 Å². The molecule has 1 aromatic rings. The molecule has 0 aromatic carbocycles. The molecule has 2 aliphatic heterocycles. The van der Waals surface area contributed by atoms with E-state index in [1.807, 2.05) is 6.07 Å². The van der Waals surface area contributed by atoms with Crippen molar-refractivity contribution in [2.45, 2.75) is 44.0 Å². The van der Waals surface area contributed by atoms with Gasteiger partial charge in [0.05, 0.1) is 18.3 Å². The van der Waals surface area contributed by atoms with Crippen LogP contribution < -0.4 is 4.90 Å². The summed E-state index contributed by atoms with van der Waals surface area (Å²) in [5.74, 6) is 0.871. The molecule has 2 saturated heterocycles. The summed E-state index contributed by atoms with van der Waals surface area (Å²) in [6.45, 7) is 3.30. The third-order valence-electron chi connectivity index (χ3n) is 4.74. The van der Waals surface area contributed by atoms with Crippen molar-refractivity contribution in [2.75, 3.05) is 24.6 Å². The molecule has 120 valence electrons. The molecule has 6 nitrogen and oxygen atoms in total. The highest BCUT2D eigenvalue weighted by molar-refractivity contribution is 5.93. The fraction of sp³-hybridized carbons (Fsp3) is 0.625. The number of nitrogens with zero attached hydrogens (tertiary/aromatic N) is 2. The average Bonchev–Trinajstić information content (AvgIpc) is 2.52. The molecule has 0 saturated carbocycles. The van der Waals surface area contributed by atoms with Crippen molar-refractivity contribution in [3.05, 3.63) is 23.9 Å². The lowest BCUT2D eigenvalue weighted by Gasteiger charge is -2.46. The standard InChI is InChI=1S/C16H22N2O4/c1-11(19)12-2-3-15(17-9-12)18-6-4-16(5-7-18)8-13(20)14(21)10-22-16/h2-3,9,13-14,20-21H,4-8,10H2,1H3/t13-,14+/m1/s1. The number of anilines is 1. The average molecular weight is 306 g/mol. The molecule has 2 atom stereocenters. The number of aromatic nitrogens is 1. The second kappa shape index (κ2) is 5.95. The van der Waals surface area contributed by atoms with Crippen molar-refractivity contribution in [3.63, 3.8) is 0 Å². The van der Waals surface area contributed by atoms with Gasteiger partial charge in [-0.1, -0.05) is 0 Å². The fourth-order valence-corrected chi connectivity index (χ4v) is 3.22. The minimum Gasteiger partial charge on any atom is -0.390 e. The molecule has 0 radical (unpaired) electrons. The Hall–Kier alpha value is -1.50. The van der Waals surface area contributed by atoms with E-state index in [1.165, 1.54) is 6.92 Å². The Kier molecular flexibility index (Phi) is 4.16. The van der Waals surface area contributed by atoms with E-state index in [9.17, 15) is 15.0 Å². The van der Waals surface area contributed by atoms with Crippen LogP contribution in [0.3, 0.4) is 0 Å². The lowest BCUT2D eigenvalue weighted by Crippen LogP contribution is -2.54. The lowest BCUT2D eigenvalue weighted by atomic mass is 9.82. The molecule has 1 aromatic heterocycles. The molecule has 6 heteroatoms. The number of piperidine rings is 1. The normalized spacial score (nSPS) is 27.9. The lowest BCUT2D eigenvalue weighted by molar-refractivity contribution is -0.178. The summed E-state index contributed by atoms with van der Waals surface area (Å²) in [4.78, 5) is 17.8. The Morgan fingerprint density at radius 1 is 1.32 bits per heavy atom. The molecule has 0 aliphatic carbocycles. The van der Waals surface area contributed by atoms with Crippen LogP contribution in [-0.4, -0.2) is 58.5 Å². The molecule has 0 bridgehead atoms. The summed E-state index contributed by atoms with van der Waals surface area (Å²) in [6.07, 6.45) is 2.22. The maximum absolute atomic E-state index is 11.3. The Bertz CT molecular complexity index is 538. The Morgan fingerprint density at radius 2 is 2.05 bits per heavy atom. The second-order valence-corrected chi connectivity index (χ2v) is 6.28. The van der Waals surface area contributed by atoms with Gasteiger partial charge in [-0.25, -0.2) is 4.98 Å². The number of carbonyl (C=O) groups excluding carboxylic acids is 1. The summed E-state index contributed by atoms with van der Waals surface area (Å²) in [5, 5.41) is 19.4. The Morgan fingerprint density at radius 3 is 2.59 bits per heavy atom. The van der Waals surface area contributed by atoms with Gasteiger partial charge in [-0.2, -0.15) is 0 Å². The van der Waals surface area contributed by atoms with Crippen LogP contribution in [0.5, 0.6) is 0 Å². The first kappa shape index (κ1) is 15.4. The van der Waals surface area contributed by atoms with Crippen LogP contribution in [0.25, 0.3) is 0 Å². The van der Waals surface area contributed by atoms with Crippen LogP contribution in [-0.2, 0) is 4.74 Å². The number of hydrogen-bond acceptors (Lipinski definition) is 6. The summed E-state index contributed by atoms with van der Waals surface area (Å²) in [7, 11) is 0. The fourth-order valence-electron chi connectivity index (χ4n) is 3.22. The summed E-state index contributed by atoms with van der Waals surface area (Å²) in [5.41, 5.74) is 0.291. The topological polar surface area (TPSA) is 82.9 Å². The molecular weight excluding hydrogens is 284 g/mol. The van der Waals surface area contributed by atoms with Crippen molar-refractivity contribution in [2.24, 2.45) is 0 Å². The van der Waals surface area contributed by atoms with E-state index in [2.05, 4.69) is 9.88 Å². The van der Waals surface area contributed by atoms with Gasteiger partial charge in [0, 0.05) is 31.3 Å². The van der Waals surface area contributed by atoms with E-state index in [4.69, 9.17) is 4.74 Å². The van der Waals surface area contributed by atoms with Crippen LogP contribution >= 0.6 is 0 Å². The molecule has 1 spiro atoms. The van der Waals surface area contributed by atoms with E-state index >= 15 is 0 Å². The number of Topliss-reactive ketones (excluding diaryl/α,β-unsaturated/α-hetero) is 1. The quantitative estimate of drug-likeness (QED) is 0.785. The van der Waals surface area contributed by atoms with Crippen LogP contribution in [0.15, 0.2) is 18.3 Å². The van der Waals surface area contributed by atoms with Crippen molar-refractivity contribution >= 4 is 11.6 Å². The number of aliphatic hydroxyl groups excluding tert-OH is 2. The number of aliphatic hydroxyl groups is 2. The van der Waals surface area contributed by atoms with E-state index in [-0.39, 0.29) is 18.0 Å². The highest BCUT2D eigenvalue weighted by Crippen LogP contribution is 2.36. The van der Waals surface area contributed by atoms with Crippen molar-refractivity contribution < 1.29 is 19.7 Å². The van der Waals surface area contributed by atoms with Gasteiger partial charge in [0.2, 0.25) is 0 Å². The SMILES string of the molecule is CC(=O)c1ccc(N2CCC3(CC2)C[C@@H](O)[C@@H](O)CO3)nc1. The van der Waals surface area contributed by atoms with Gasteiger partial charge in [0.1, 0.15) is 11.9 Å². The molecule has 22 heavy (non-hydrogen) atoms. The predicted octanol–water partition coefficient (Wildman–Crippen LogP) is 0.765. The smallest absolute Gasteiger partial charge is 0.161 e. The molecule has 2 N–H and O–H groups in total. The first-order valence-electron chi connectivity index (χ1n) is 7.71. The monoisotopic (exact) mass is 306 g/mol. The van der Waals surface area contributed by atoms with E-state index in [0.29, 0.717) is 12.0 Å². The van der Waals surface area contributed by atoms with E-state index < -0.39 is 12.2 Å². The van der Waals surface area contributed by atoms with Gasteiger partial charge < -0.3 is 19.8 Å². The number of pyridine rings is 1. The van der Waals surface area contributed by atoms with Gasteiger partial charge in [-0.3, -0.25) is 4.79 Å². The Labute approximate surface area is 129 Å². The molecule has 2 aliphatic rings. The van der Waals surface area contributed by atoms with Crippen molar-refractivity contribution in [1.29, 1.82) is 0 Å². The maximum Gasteiger partial charge on any atom is 0.161 e. The summed E-state index contributed by atoms with van der Waals surface area (Å²) in [6, 6.07) is 3.67. The maximum atomic E-state index is 11.3. The highest BCUT2D eigenvalue weighted by Gasteiger charge is 2.43. The zero-order valence-corrected chi connectivity index (χ0v) is 12.7. The third-order valence-corrected chi connectivity index (χ3v) is 4.74. The Balaban J connectivity index is 1.63. The van der Waals surface area contributed by atoms with Crippen LogP contribution in [0.2, 0.25) is 0 Å². The number of hydrogen-bond donors (Lipinski definition) is 2. The zero-order valence-electron chi connectivity index (χ0n) is 12.7. The van der Waals surface area contributed by atoms with Crippen molar-refractivity contribution in [3.8, 4) is 0 Å². The highest BCUT2D eigenvalue weighted by atomic mass is 16.5. The molecule has 3 rings (SSSR count).